The lowest BCUT2D eigenvalue weighted by Gasteiger charge is -2.21. The Morgan fingerprint density at radius 2 is 2.44 bits per heavy atom. The number of rotatable bonds is 3. The molecule has 1 aromatic heterocycles. The van der Waals surface area contributed by atoms with Crippen LogP contribution in [0.1, 0.15) is 23.5 Å². The summed E-state index contributed by atoms with van der Waals surface area (Å²) in [5.74, 6) is 0. The Labute approximate surface area is 110 Å². The van der Waals surface area contributed by atoms with Crippen LogP contribution in [0.3, 0.4) is 0 Å². The molecule has 1 aliphatic rings. The summed E-state index contributed by atoms with van der Waals surface area (Å²) in [4.78, 5) is 17.7. The van der Waals surface area contributed by atoms with Crippen molar-refractivity contribution >= 4 is 17.5 Å². The van der Waals surface area contributed by atoms with E-state index in [1.165, 1.54) is 10.4 Å². The first-order valence-electron chi connectivity index (χ1n) is 5.93. The molecule has 1 aromatic rings. The second kappa shape index (κ2) is 6.17. The topological polar surface area (TPSA) is 48.0 Å². The molecule has 100 valence electrons. The lowest BCUT2D eigenvalue weighted by molar-refractivity contribution is -0.143. The first kappa shape index (κ1) is 13.3. The van der Waals surface area contributed by atoms with Crippen LogP contribution in [0, 0.1) is 0 Å². The van der Waals surface area contributed by atoms with Crippen LogP contribution in [-0.2, 0) is 20.7 Å². The third-order valence-electron chi connectivity index (χ3n) is 2.83. The van der Waals surface area contributed by atoms with E-state index in [1.807, 2.05) is 0 Å². The molecule has 0 amide bonds. The van der Waals surface area contributed by atoms with E-state index in [9.17, 15) is 4.79 Å². The zero-order valence-electron chi connectivity index (χ0n) is 10.5. The van der Waals surface area contributed by atoms with Crippen LogP contribution in [-0.4, -0.2) is 38.0 Å². The van der Waals surface area contributed by atoms with E-state index < -0.39 is 6.16 Å². The maximum Gasteiger partial charge on any atom is 0.527 e. The summed E-state index contributed by atoms with van der Waals surface area (Å²) in [7, 11) is 1.67. The highest BCUT2D eigenvalue weighted by molar-refractivity contribution is 7.10. The van der Waals surface area contributed by atoms with Gasteiger partial charge in [-0.2, -0.15) is 0 Å². The van der Waals surface area contributed by atoms with Gasteiger partial charge in [-0.05, 0) is 30.4 Å². The molecular formula is C12H17NO4S. The van der Waals surface area contributed by atoms with E-state index in [0.717, 1.165) is 6.42 Å². The van der Waals surface area contributed by atoms with E-state index in [0.29, 0.717) is 19.7 Å². The lowest BCUT2D eigenvalue weighted by Crippen LogP contribution is -2.32. The molecule has 0 spiro atoms. The van der Waals surface area contributed by atoms with Crippen molar-refractivity contribution in [2.75, 3.05) is 26.8 Å². The van der Waals surface area contributed by atoms with Gasteiger partial charge in [0.2, 0.25) is 0 Å². The smallest absolute Gasteiger partial charge is 0.433 e. The molecule has 2 rings (SSSR count). The Balaban J connectivity index is 2.01. The van der Waals surface area contributed by atoms with E-state index in [2.05, 4.69) is 11.4 Å². The molecule has 0 saturated carbocycles. The summed E-state index contributed by atoms with van der Waals surface area (Å²) in [6.07, 6.45) is 0.132. The molecule has 0 N–H and O–H groups in total. The fourth-order valence-corrected chi connectivity index (χ4v) is 2.90. The molecule has 0 unspecified atom stereocenters. The van der Waals surface area contributed by atoms with Crippen LogP contribution in [0.25, 0.3) is 0 Å². The minimum Gasteiger partial charge on any atom is -0.433 e. The second-order valence-electron chi connectivity index (χ2n) is 3.94. The Kier molecular flexibility index (Phi) is 4.57. The Bertz CT molecular complexity index is 407. The normalized spacial score (nSPS) is 20.0. The fraction of sp³-hybridized carbons (Fsp3) is 0.583. The molecule has 0 radical (unpaired) electrons. The monoisotopic (exact) mass is 271 g/mol. The number of hydrogen-bond donors (Lipinski definition) is 0. The number of fused-ring (bicyclic) bond motifs is 1. The highest BCUT2D eigenvalue weighted by atomic mass is 32.1. The van der Waals surface area contributed by atoms with Crippen molar-refractivity contribution in [3.05, 3.63) is 21.9 Å². The van der Waals surface area contributed by atoms with Gasteiger partial charge < -0.3 is 14.3 Å². The number of thiophene rings is 1. The van der Waals surface area contributed by atoms with Gasteiger partial charge in [-0.25, -0.2) is 4.79 Å². The predicted molar refractivity (Wildman–Crippen MR) is 67.5 cm³/mol. The van der Waals surface area contributed by atoms with Gasteiger partial charge in [0.1, 0.15) is 0 Å². The van der Waals surface area contributed by atoms with Gasteiger partial charge in [0, 0.05) is 18.5 Å². The average Bonchev–Trinajstić information content (AvgIpc) is 2.75. The van der Waals surface area contributed by atoms with Crippen molar-refractivity contribution < 1.29 is 19.1 Å². The standard InChI is InChI=1S/C12H17NO4S/c1-3-16-12(14)17-13-6-4-11-9(5-7-18-11)10(8-13)15-2/h5,7,10H,3-4,6,8H2,1-2H3/t10-/m1/s1. The molecule has 2 heterocycles. The molecule has 0 aromatic carbocycles. The number of hydroxylamine groups is 2. The summed E-state index contributed by atoms with van der Waals surface area (Å²) in [5, 5.41) is 3.68. The Morgan fingerprint density at radius 1 is 1.61 bits per heavy atom. The van der Waals surface area contributed by atoms with E-state index in [1.54, 1.807) is 30.4 Å². The highest BCUT2D eigenvalue weighted by Crippen LogP contribution is 2.30. The van der Waals surface area contributed by atoms with E-state index in [-0.39, 0.29) is 6.10 Å². The van der Waals surface area contributed by atoms with Gasteiger partial charge in [0.15, 0.2) is 0 Å². The number of methoxy groups -OCH3 is 1. The number of nitrogens with zero attached hydrogens (tertiary/aromatic N) is 1. The van der Waals surface area contributed by atoms with Crippen LogP contribution in [0.5, 0.6) is 0 Å². The lowest BCUT2D eigenvalue weighted by atomic mass is 10.1. The summed E-state index contributed by atoms with van der Waals surface area (Å²) in [6.45, 7) is 3.25. The largest absolute Gasteiger partial charge is 0.527 e. The quantitative estimate of drug-likeness (QED) is 0.790. The molecule has 1 aliphatic heterocycles. The van der Waals surface area contributed by atoms with Crippen LogP contribution < -0.4 is 0 Å². The molecule has 6 heteroatoms. The van der Waals surface area contributed by atoms with Gasteiger partial charge in [0.25, 0.3) is 0 Å². The maximum atomic E-state index is 11.3. The molecule has 1 atom stereocenters. The highest BCUT2D eigenvalue weighted by Gasteiger charge is 2.26. The minimum absolute atomic E-state index is 0.0665. The first-order valence-corrected chi connectivity index (χ1v) is 6.81. The Hall–Kier alpha value is -1.11. The van der Waals surface area contributed by atoms with Gasteiger partial charge in [-0.3, -0.25) is 0 Å². The van der Waals surface area contributed by atoms with Crippen LogP contribution in [0.4, 0.5) is 4.79 Å². The Morgan fingerprint density at radius 3 is 3.17 bits per heavy atom. The number of hydrogen-bond acceptors (Lipinski definition) is 6. The van der Waals surface area contributed by atoms with Crippen LogP contribution >= 0.6 is 11.3 Å². The summed E-state index contributed by atoms with van der Waals surface area (Å²) in [5.41, 5.74) is 1.19. The molecule has 5 nitrogen and oxygen atoms in total. The molecule has 18 heavy (non-hydrogen) atoms. The number of ether oxygens (including phenoxy) is 2. The minimum atomic E-state index is -0.655. The maximum absolute atomic E-state index is 11.3. The predicted octanol–water partition coefficient (Wildman–Crippen LogP) is 2.38. The molecule has 0 saturated heterocycles. The van der Waals surface area contributed by atoms with Crippen molar-refractivity contribution in [2.45, 2.75) is 19.4 Å². The first-order chi connectivity index (χ1) is 8.74. The van der Waals surface area contributed by atoms with Crippen molar-refractivity contribution in [3.8, 4) is 0 Å². The summed E-state index contributed by atoms with van der Waals surface area (Å²) >= 11 is 1.71. The average molecular weight is 271 g/mol. The van der Waals surface area contributed by atoms with Gasteiger partial charge in [-0.15, -0.1) is 16.4 Å². The second-order valence-corrected chi connectivity index (χ2v) is 4.94. The van der Waals surface area contributed by atoms with E-state index in [4.69, 9.17) is 14.3 Å². The zero-order valence-corrected chi connectivity index (χ0v) is 11.4. The van der Waals surface area contributed by atoms with Crippen molar-refractivity contribution in [3.63, 3.8) is 0 Å². The van der Waals surface area contributed by atoms with Crippen molar-refractivity contribution in [1.82, 2.24) is 5.06 Å². The van der Waals surface area contributed by atoms with Crippen molar-refractivity contribution in [2.24, 2.45) is 0 Å². The van der Waals surface area contributed by atoms with E-state index >= 15 is 0 Å². The zero-order chi connectivity index (χ0) is 13.0. The van der Waals surface area contributed by atoms with Gasteiger partial charge in [0.05, 0.1) is 19.3 Å². The van der Waals surface area contributed by atoms with Gasteiger partial charge in [-0.1, -0.05) is 0 Å². The van der Waals surface area contributed by atoms with Crippen LogP contribution in [0.2, 0.25) is 0 Å². The number of carbonyl (C=O) groups is 1. The third-order valence-corrected chi connectivity index (χ3v) is 3.83. The number of carbonyl (C=O) groups excluding carboxylic acids is 1. The molecular weight excluding hydrogens is 254 g/mol. The molecule has 0 aliphatic carbocycles. The fourth-order valence-electron chi connectivity index (χ4n) is 1.98. The summed E-state index contributed by atoms with van der Waals surface area (Å²) < 4.78 is 10.2. The molecule has 0 bridgehead atoms. The third kappa shape index (κ3) is 3.01. The van der Waals surface area contributed by atoms with Gasteiger partial charge >= 0.3 is 6.16 Å². The molecule has 0 fully saturated rings. The summed E-state index contributed by atoms with van der Waals surface area (Å²) in [6, 6.07) is 2.07. The van der Waals surface area contributed by atoms with Crippen molar-refractivity contribution in [1.29, 1.82) is 0 Å². The SMILES string of the molecule is CCOC(=O)ON1CCc2sccc2[C@H](OC)C1. The van der Waals surface area contributed by atoms with Crippen LogP contribution in [0.15, 0.2) is 11.4 Å².